The van der Waals surface area contributed by atoms with Crippen LogP contribution in [0.1, 0.15) is 28.4 Å². The molecule has 0 bridgehead atoms. The van der Waals surface area contributed by atoms with Crippen molar-refractivity contribution in [2.24, 2.45) is 5.73 Å². The Labute approximate surface area is 157 Å². The highest BCUT2D eigenvalue weighted by Gasteiger charge is 2.24. The number of hydrogen-bond donors (Lipinski definition) is 4. The van der Waals surface area contributed by atoms with Crippen molar-refractivity contribution in [3.8, 4) is 11.8 Å². The van der Waals surface area contributed by atoms with Crippen LogP contribution in [-0.2, 0) is 4.79 Å². The van der Waals surface area contributed by atoms with Crippen LogP contribution >= 0.6 is 0 Å². The second kappa shape index (κ2) is 9.87. The summed E-state index contributed by atoms with van der Waals surface area (Å²) in [6, 6.07) is 8.65. The van der Waals surface area contributed by atoms with E-state index in [-0.39, 0.29) is 0 Å². The van der Waals surface area contributed by atoms with Gasteiger partial charge in [-0.15, -0.1) is 0 Å². The molecular formula is C20H20N4O3. The predicted octanol–water partition coefficient (Wildman–Crippen LogP) is 1.10. The molecule has 1 aromatic carbocycles. The smallest absolute Gasteiger partial charge is 0.267 e. The lowest BCUT2D eigenvalue weighted by atomic mass is 10.1. The Kier molecular flexibility index (Phi) is 7.26. The maximum atomic E-state index is 12.2. The van der Waals surface area contributed by atoms with Crippen molar-refractivity contribution in [2.45, 2.75) is 19.0 Å². The van der Waals surface area contributed by atoms with Gasteiger partial charge in [-0.3, -0.25) is 19.8 Å². The molecule has 0 saturated carbocycles. The van der Waals surface area contributed by atoms with Crippen molar-refractivity contribution < 1.29 is 14.8 Å². The summed E-state index contributed by atoms with van der Waals surface area (Å²) in [5.41, 5.74) is 9.19. The second-order valence-electron chi connectivity index (χ2n) is 5.75. The second-order valence-corrected chi connectivity index (χ2v) is 5.75. The summed E-state index contributed by atoms with van der Waals surface area (Å²) >= 11 is 0. The Morgan fingerprint density at radius 1 is 1.26 bits per heavy atom. The minimum Gasteiger partial charge on any atom is -0.339 e. The molecule has 5 N–H and O–H groups in total. The molecule has 0 saturated heterocycles. The van der Waals surface area contributed by atoms with Crippen molar-refractivity contribution in [3.05, 3.63) is 71.6 Å². The van der Waals surface area contributed by atoms with Gasteiger partial charge in [-0.05, 0) is 55.0 Å². The zero-order valence-corrected chi connectivity index (χ0v) is 14.7. The molecular weight excluding hydrogens is 344 g/mol. The van der Waals surface area contributed by atoms with Gasteiger partial charge in [0.15, 0.2) is 0 Å². The fraction of sp³-hybridized carbons (Fsp3) is 0.150. The van der Waals surface area contributed by atoms with Gasteiger partial charge in [0, 0.05) is 29.6 Å². The van der Waals surface area contributed by atoms with Gasteiger partial charge in [0.2, 0.25) is 0 Å². The maximum Gasteiger partial charge on any atom is 0.267 e. The third-order valence-corrected chi connectivity index (χ3v) is 3.61. The molecule has 0 fully saturated rings. The molecule has 2 rings (SSSR count). The van der Waals surface area contributed by atoms with Crippen LogP contribution in [0.5, 0.6) is 0 Å². The Morgan fingerprint density at radius 2 is 2.00 bits per heavy atom. The lowest BCUT2D eigenvalue weighted by Gasteiger charge is -2.19. The van der Waals surface area contributed by atoms with E-state index in [9.17, 15) is 9.59 Å². The predicted molar refractivity (Wildman–Crippen MR) is 101 cm³/mol. The van der Waals surface area contributed by atoms with E-state index in [2.05, 4.69) is 22.1 Å². The number of nitrogens with zero attached hydrogens (tertiary/aromatic N) is 1. The fourth-order valence-electron chi connectivity index (χ4n) is 2.17. The number of carbonyl (C=O) groups excluding carboxylic acids is 2. The van der Waals surface area contributed by atoms with Gasteiger partial charge in [0.05, 0.1) is 0 Å². The minimum atomic E-state index is -1.04. The Hall–Kier alpha value is -3.47. The van der Waals surface area contributed by atoms with Crippen LogP contribution < -0.4 is 16.5 Å². The third-order valence-electron chi connectivity index (χ3n) is 3.61. The summed E-state index contributed by atoms with van der Waals surface area (Å²) in [6.45, 7) is 1.55. The first-order valence-electron chi connectivity index (χ1n) is 8.20. The van der Waals surface area contributed by atoms with Gasteiger partial charge in [0.25, 0.3) is 11.8 Å². The average Bonchev–Trinajstić information content (AvgIpc) is 2.69. The molecule has 0 aliphatic heterocycles. The topological polar surface area (TPSA) is 117 Å². The molecule has 7 heteroatoms. The molecule has 1 aromatic heterocycles. The largest absolute Gasteiger partial charge is 0.339 e. The summed E-state index contributed by atoms with van der Waals surface area (Å²) < 4.78 is 0. The number of rotatable bonds is 5. The quantitative estimate of drug-likeness (QED) is 0.360. The number of hydroxylamine groups is 1. The zero-order chi connectivity index (χ0) is 19.6. The van der Waals surface area contributed by atoms with Crippen LogP contribution in [-0.4, -0.2) is 34.1 Å². The minimum absolute atomic E-state index is 0.350. The molecule has 2 aromatic rings. The number of aromatic nitrogens is 1. The molecule has 138 valence electrons. The SMILES string of the molecule is C[C@@H](N)[C@H](NC(=O)c1ccc(C#C/C=C/c2cccnc2)cc1)C(=O)NO. The average molecular weight is 364 g/mol. The summed E-state index contributed by atoms with van der Waals surface area (Å²) in [5, 5.41) is 11.2. The van der Waals surface area contributed by atoms with E-state index in [0.717, 1.165) is 11.1 Å². The standard InChI is InChI=1S/C20H20N4O3/c1-14(21)18(20(26)24-27)23-19(25)17-10-8-15(9-11-17)5-2-3-6-16-7-4-12-22-13-16/h3-4,6-14,18,27H,21H2,1H3,(H,23,25)(H,24,26)/b6-3+/t14-,18+/m1/s1. The molecule has 0 unspecified atom stereocenters. The van der Waals surface area contributed by atoms with Crippen LogP contribution in [0.4, 0.5) is 0 Å². The molecule has 0 aliphatic rings. The molecule has 0 aliphatic carbocycles. The zero-order valence-electron chi connectivity index (χ0n) is 14.7. The first-order chi connectivity index (χ1) is 13.0. The lowest BCUT2D eigenvalue weighted by Crippen LogP contribution is -2.54. The number of carbonyl (C=O) groups is 2. The van der Waals surface area contributed by atoms with Crippen molar-refractivity contribution in [1.29, 1.82) is 0 Å². The highest BCUT2D eigenvalue weighted by atomic mass is 16.5. The van der Waals surface area contributed by atoms with Crippen LogP contribution in [0.2, 0.25) is 0 Å². The van der Waals surface area contributed by atoms with E-state index in [1.165, 1.54) is 5.48 Å². The Balaban J connectivity index is 2.00. The van der Waals surface area contributed by atoms with Gasteiger partial charge in [0.1, 0.15) is 6.04 Å². The van der Waals surface area contributed by atoms with Gasteiger partial charge in [-0.1, -0.05) is 17.9 Å². The van der Waals surface area contributed by atoms with Crippen LogP contribution in [0.25, 0.3) is 6.08 Å². The Morgan fingerprint density at radius 3 is 2.59 bits per heavy atom. The van der Waals surface area contributed by atoms with E-state index in [4.69, 9.17) is 10.9 Å². The summed E-state index contributed by atoms with van der Waals surface area (Å²) in [5.74, 6) is 4.62. The van der Waals surface area contributed by atoms with Crippen molar-refractivity contribution >= 4 is 17.9 Å². The van der Waals surface area contributed by atoms with Crippen molar-refractivity contribution in [1.82, 2.24) is 15.8 Å². The van der Waals surface area contributed by atoms with Gasteiger partial charge in [-0.25, -0.2) is 5.48 Å². The summed E-state index contributed by atoms with van der Waals surface area (Å²) in [6.07, 6.45) is 7.01. The number of allylic oxidation sites excluding steroid dienone is 1. The number of benzene rings is 1. The number of nitrogens with one attached hydrogen (secondary N) is 2. The molecule has 7 nitrogen and oxygen atoms in total. The van der Waals surface area contributed by atoms with Crippen molar-refractivity contribution in [3.63, 3.8) is 0 Å². The van der Waals surface area contributed by atoms with E-state index in [0.29, 0.717) is 5.56 Å². The monoisotopic (exact) mass is 364 g/mol. The molecule has 2 atom stereocenters. The molecule has 27 heavy (non-hydrogen) atoms. The third kappa shape index (κ3) is 6.08. The normalized spacial score (nSPS) is 12.6. The van der Waals surface area contributed by atoms with Crippen LogP contribution in [0.15, 0.2) is 54.9 Å². The van der Waals surface area contributed by atoms with E-state index in [1.54, 1.807) is 49.7 Å². The van der Waals surface area contributed by atoms with Crippen LogP contribution in [0.3, 0.4) is 0 Å². The molecule has 2 amide bonds. The van der Waals surface area contributed by atoms with E-state index < -0.39 is 23.9 Å². The lowest BCUT2D eigenvalue weighted by molar-refractivity contribution is -0.131. The van der Waals surface area contributed by atoms with E-state index in [1.807, 2.05) is 18.2 Å². The maximum absolute atomic E-state index is 12.2. The first-order valence-corrected chi connectivity index (χ1v) is 8.20. The number of amides is 2. The van der Waals surface area contributed by atoms with E-state index >= 15 is 0 Å². The molecule has 0 radical (unpaired) electrons. The Bertz CT molecular complexity index is 866. The van der Waals surface area contributed by atoms with Gasteiger partial charge in [-0.2, -0.15) is 0 Å². The number of pyridine rings is 1. The summed E-state index contributed by atoms with van der Waals surface area (Å²) in [4.78, 5) is 27.8. The number of nitrogens with two attached hydrogens (primary N) is 1. The van der Waals surface area contributed by atoms with Crippen molar-refractivity contribution in [2.75, 3.05) is 0 Å². The molecule has 1 heterocycles. The summed E-state index contributed by atoms with van der Waals surface area (Å²) in [7, 11) is 0. The fourth-order valence-corrected chi connectivity index (χ4v) is 2.17. The number of hydrogen-bond acceptors (Lipinski definition) is 5. The van der Waals surface area contributed by atoms with Gasteiger partial charge >= 0.3 is 0 Å². The first kappa shape index (κ1) is 19.8. The van der Waals surface area contributed by atoms with Gasteiger partial charge < -0.3 is 11.1 Å². The molecule has 0 spiro atoms. The van der Waals surface area contributed by atoms with Crippen LogP contribution in [0, 0.1) is 11.8 Å². The highest BCUT2D eigenvalue weighted by molar-refractivity contribution is 5.97. The highest BCUT2D eigenvalue weighted by Crippen LogP contribution is 2.05.